The predicted molar refractivity (Wildman–Crippen MR) is 148 cm³/mol. The molecule has 1 saturated carbocycles. The van der Waals surface area contributed by atoms with Gasteiger partial charge < -0.3 is 9.84 Å². The van der Waals surface area contributed by atoms with Crippen LogP contribution in [0, 0.1) is 17.1 Å². The smallest absolute Gasteiger partial charge is 0.257 e. The number of nitriles is 1. The molecule has 2 aromatic heterocycles. The molecule has 3 atom stereocenters. The normalized spacial score (nSPS) is 20.5. The molecule has 1 amide bonds. The molecule has 1 aliphatic heterocycles. The molecule has 0 spiro atoms. The minimum absolute atomic E-state index is 0.0147. The summed E-state index contributed by atoms with van der Waals surface area (Å²) in [5, 5.41) is 24.8. The predicted octanol–water partition coefficient (Wildman–Crippen LogP) is 4.56. The highest BCUT2D eigenvalue weighted by molar-refractivity contribution is 6.30. The second-order valence-electron chi connectivity index (χ2n) is 10.5. The molecule has 11 heteroatoms. The van der Waals surface area contributed by atoms with Gasteiger partial charge in [0.15, 0.2) is 0 Å². The average molecular weight is 586 g/mol. The van der Waals surface area contributed by atoms with Crippen molar-refractivity contribution in [3.05, 3.63) is 117 Å². The largest absolute Gasteiger partial charge is 0.384 e. The molecule has 1 fully saturated rings. The van der Waals surface area contributed by atoms with E-state index in [1.807, 2.05) is 6.07 Å². The van der Waals surface area contributed by atoms with Crippen molar-refractivity contribution in [2.45, 2.75) is 43.7 Å². The number of Topliss-reactive ketones (excluding diaryl/α,β-unsaturated/α-hetero) is 1. The van der Waals surface area contributed by atoms with E-state index in [4.69, 9.17) is 16.3 Å². The Balaban J connectivity index is 1.55. The third-order valence-corrected chi connectivity index (χ3v) is 7.96. The van der Waals surface area contributed by atoms with Gasteiger partial charge in [0.25, 0.3) is 5.91 Å². The SMILES string of the molecule is Cn1cc([C@@H](O)c2cc(F)c3c(c2)C(=O)N(Cc2ccc(C#N)cn2)[C@@]3(O[C@H]2CCC(=O)C2)c2ccc(Cl)cc2)cn1. The lowest BCUT2D eigenvalue weighted by Crippen LogP contribution is -2.48. The molecule has 0 unspecified atom stereocenters. The van der Waals surface area contributed by atoms with Gasteiger partial charge in [0.1, 0.15) is 23.8 Å². The Bertz CT molecular complexity index is 1730. The van der Waals surface area contributed by atoms with Gasteiger partial charge in [0.2, 0.25) is 5.72 Å². The molecule has 0 bridgehead atoms. The first-order chi connectivity index (χ1) is 20.2. The van der Waals surface area contributed by atoms with Crippen molar-refractivity contribution in [3.8, 4) is 6.07 Å². The maximum atomic E-state index is 16.5. The standard InChI is InChI=1S/C31H25ClFN5O4/c1-37-16-20(15-36-37)29(40)19-10-26-28(27(33)11-19)31(21-3-5-22(32)6-4-21,42-25-9-8-24(39)12-25)38(30(26)41)17-23-7-2-18(13-34)14-35-23/h2-7,10-11,14-16,25,29,40H,8-9,12,17H2,1H3/t25-,29-,31+/m0/s1. The van der Waals surface area contributed by atoms with Crippen LogP contribution in [0.2, 0.25) is 5.02 Å². The van der Waals surface area contributed by atoms with E-state index >= 15 is 4.39 Å². The van der Waals surface area contributed by atoms with Gasteiger partial charge in [-0.1, -0.05) is 23.7 Å². The molecule has 6 rings (SSSR count). The number of fused-ring (bicyclic) bond motifs is 1. The Morgan fingerprint density at radius 1 is 1.19 bits per heavy atom. The van der Waals surface area contributed by atoms with Gasteiger partial charge in [-0.3, -0.25) is 24.2 Å². The summed E-state index contributed by atoms with van der Waals surface area (Å²) in [4.78, 5) is 32.3. The zero-order valence-electron chi connectivity index (χ0n) is 22.5. The summed E-state index contributed by atoms with van der Waals surface area (Å²) in [5.74, 6) is -1.28. The van der Waals surface area contributed by atoms with Crippen molar-refractivity contribution in [1.82, 2.24) is 19.7 Å². The number of amides is 1. The van der Waals surface area contributed by atoms with Crippen LogP contribution in [0.15, 0.2) is 67.1 Å². The molecule has 1 aliphatic carbocycles. The van der Waals surface area contributed by atoms with Crippen LogP contribution in [0.5, 0.6) is 0 Å². The number of benzene rings is 2. The van der Waals surface area contributed by atoms with Crippen LogP contribution in [0.25, 0.3) is 0 Å². The lowest BCUT2D eigenvalue weighted by atomic mass is 9.90. The lowest BCUT2D eigenvalue weighted by Gasteiger charge is -2.41. The van der Waals surface area contributed by atoms with Gasteiger partial charge in [0, 0.05) is 48.4 Å². The molecular weight excluding hydrogens is 561 g/mol. The van der Waals surface area contributed by atoms with E-state index < -0.39 is 29.7 Å². The lowest BCUT2D eigenvalue weighted by molar-refractivity contribution is -0.149. The second kappa shape index (κ2) is 10.8. The van der Waals surface area contributed by atoms with Crippen LogP contribution >= 0.6 is 11.6 Å². The minimum atomic E-state index is -1.77. The molecule has 0 saturated heterocycles. The first-order valence-corrected chi connectivity index (χ1v) is 13.7. The summed E-state index contributed by atoms with van der Waals surface area (Å²) in [7, 11) is 1.70. The second-order valence-corrected chi connectivity index (χ2v) is 10.9. The van der Waals surface area contributed by atoms with Crippen molar-refractivity contribution in [2.24, 2.45) is 7.05 Å². The first-order valence-electron chi connectivity index (χ1n) is 13.3. The number of halogens is 2. The van der Waals surface area contributed by atoms with Crippen LogP contribution in [0.3, 0.4) is 0 Å². The van der Waals surface area contributed by atoms with E-state index in [9.17, 15) is 20.0 Å². The van der Waals surface area contributed by atoms with Crippen molar-refractivity contribution < 1.29 is 23.8 Å². The molecule has 3 heterocycles. The van der Waals surface area contributed by atoms with Crippen molar-refractivity contribution >= 4 is 23.3 Å². The summed E-state index contributed by atoms with van der Waals surface area (Å²) < 4.78 is 24.7. The van der Waals surface area contributed by atoms with Crippen molar-refractivity contribution in [3.63, 3.8) is 0 Å². The molecule has 2 aromatic carbocycles. The number of hydrogen-bond acceptors (Lipinski definition) is 7. The number of ketones is 1. The number of ether oxygens (including phenoxy) is 1. The number of rotatable bonds is 7. The number of aromatic nitrogens is 3. The molecule has 1 N–H and O–H groups in total. The minimum Gasteiger partial charge on any atom is -0.384 e. The highest BCUT2D eigenvalue weighted by Gasteiger charge is 2.56. The molecule has 0 radical (unpaired) electrons. The monoisotopic (exact) mass is 585 g/mol. The fraction of sp³-hybridized carbons (Fsp3) is 0.258. The highest BCUT2D eigenvalue weighted by atomic mass is 35.5. The number of pyridine rings is 1. The van der Waals surface area contributed by atoms with Crippen LogP contribution in [0.4, 0.5) is 4.39 Å². The summed E-state index contributed by atoms with van der Waals surface area (Å²) in [6.07, 6.45) is 3.52. The van der Waals surface area contributed by atoms with Gasteiger partial charge in [0.05, 0.1) is 41.2 Å². The Hall–Kier alpha value is -4.43. The number of aliphatic hydroxyl groups excluding tert-OH is 1. The molecule has 42 heavy (non-hydrogen) atoms. The Labute approximate surface area is 245 Å². The van der Waals surface area contributed by atoms with Gasteiger partial charge >= 0.3 is 0 Å². The number of carbonyl (C=O) groups is 2. The molecule has 4 aromatic rings. The quantitative estimate of drug-likeness (QED) is 0.337. The number of hydrogen-bond donors (Lipinski definition) is 1. The van der Waals surface area contributed by atoms with Crippen molar-refractivity contribution in [2.75, 3.05) is 0 Å². The number of aryl methyl sites for hydroxylation is 1. The summed E-state index contributed by atoms with van der Waals surface area (Å²) in [6, 6.07) is 14.5. The van der Waals surface area contributed by atoms with E-state index in [0.717, 1.165) is 0 Å². The molecule has 212 valence electrons. The van der Waals surface area contributed by atoms with E-state index in [-0.39, 0.29) is 35.4 Å². The summed E-state index contributed by atoms with van der Waals surface area (Å²) in [5.41, 5.74) is 0.0500. The van der Waals surface area contributed by atoms with E-state index in [1.165, 1.54) is 34.1 Å². The number of carbonyl (C=O) groups excluding carboxylic acids is 2. The van der Waals surface area contributed by atoms with E-state index in [2.05, 4.69) is 10.1 Å². The molecule has 9 nitrogen and oxygen atoms in total. The Morgan fingerprint density at radius 3 is 2.60 bits per heavy atom. The third kappa shape index (κ3) is 4.75. The van der Waals surface area contributed by atoms with Crippen LogP contribution < -0.4 is 0 Å². The number of aliphatic hydroxyl groups is 1. The van der Waals surface area contributed by atoms with Gasteiger partial charge in [-0.05, 0) is 48.4 Å². The van der Waals surface area contributed by atoms with E-state index in [1.54, 1.807) is 49.6 Å². The molecular formula is C31H25ClFN5O4. The fourth-order valence-electron chi connectivity index (χ4n) is 5.71. The zero-order valence-corrected chi connectivity index (χ0v) is 23.3. The first kappa shape index (κ1) is 27.7. The molecule has 2 aliphatic rings. The Morgan fingerprint density at radius 2 is 1.98 bits per heavy atom. The van der Waals surface area contributed by atoms with Crippen LogP contribution in [0.1, 0.15) is 69.2 Å². The van der Waals surface area contributed by atoms with Crippen molar-refractivity contribution in [1.29, 1.82) is 5.26 Å². The van der Waals surface area contributed by atoms with Gasteiger partial charge in [-0.2, -0.15) is 10.4 Å². The zero-order chi connectivity index (χ0) is 29.6. The third-order valence-electron chi connectivity index (χ3n) is 7.71. The van der Waals surface area contributed by atoms with E-state index in [0.29, 0.717) is 40.2 Å². The highest BCUT2D eigenvalue weighted by Crippen LogP contribution is 2.50. The summed E-state index contributed by atoms with van der Waals surface area (Å²) in [6.45, 7) is -0.0948. The van der Waals surface area contributed by atoms with Gasteiger partial charge in [-0.25, -0.2) is 4.39 Å². The van der Waals surface area contributed by atoms with Crippen LogP contribution in [-0.4, -0.2) is 42.6 Å². The average Bonchev–Trinajstić information content (AvgIpc) is 3.67. The van der Waals surface area contributed by atoms with Gasteiger partial charge in [-0.15, -0.1) is 0 Å². The summed E-state index contributed by atoms with van der Waals surface area (Å²) >= 11 is 6.21. The maximum absolute atomic E-state index is 16.5. The topological polar surface area (TPSA) is 121 Å². The maximum Gasteiger partial charge on any atom is 0.257 e. The van der Waals surface area contributed by atoms with Crippen LogP contribution in [-0.2, 0) is 28.8 Å². The Kier molecular flexibility index (Phi) is 7.10. The fourth-order valence-corrected chi connectivity index (χ4v) is 5.84. The number of nitrogens with zero attached hydrogens (tertiary/aromatic N) is 5.